The average Bonchev–Trinajstić information content (AvgIpc) is 3.36. The molecular formula is C22H21ClN4O3S. The molecule has 1 aliphatic rings. The van der Waals surface area contributed by atoms with Crippen LogP contribution in [0.4, 0.5) is 10.8 Å². The number of anilines is 2. The Morgan fingerprint density at radius 1 is 1.26 bits per heavy atom. The second kappa shape index (κ2) is 9.03. The third kappa shape index (κ3) is 4.86. The fourth-order valence-corrected chi connectivity index (χ4v) is 4.39. The van der Waals surface area contributed by atoms with Gasteiger partial charge in [-0.3, -0.25) is 9.59 Å². The lowest BCUT2D eigenvalue weighted by atomic mass is 10.1. The van der Waals surface area contributed by atoms with Crippen molar-refractivity contribution in [1.82, 2.24) is 10.2 Å². The summed E-state index contributed by atoms with van der Waals surface area (Å²) in [5, 5.41) is 12.9. The molecule has 0 bridgehead atoms. The van der Waals surface area contributed by atoms with Gasteiger partial charge in [0.05, 0.1) is 18.7 Å². The molecule has 0 radical (unpaired) electrons. The highest BCUT2D eigenvalue weighted by Gasteiger charge is 2.36. The van der Waals surface area contributed by atoms with Gasteiger partial charge in [0.15, 0.2) is 0 Å². The Morgan fingerprint density at radius 2 is 2.03 bits per heavy atom. The molecule has 0 spiro atoms. The molecule has 0 aliphatic carbocycles. The van der Waals surface area contributed by atoms with E-state index in [9.17, 15) is 9.59 Å². The number of carbonyl (C=O) groups excluding carboxylic acids is 2. The number of aromatic nitrogens is 2. The number of amides is 2. The van der Waals surface area contributed by atoms with Gasteiger partial charge in [0.2, 0.25) is 16.9 Å². The van der Waals surface area contributed by atoms with Crippen molar-refractivity contribution in [3.05, 3.63) is 63.6 Å². The molecule has 1 aromatic heterocycles. The van der Waals surface area contributed by atoms with Crippen molar-refractivity contribution in [2.24, 2.45) is 5.92 Å². The molecule has 1 atom stereocenters. The second-order valence-electron chi connectivity index (χ2n) is 7.37. The highest BCUT2D eigenvalue weighted by molar-refractivity contribution is 7.15. The SMILES string of the molecule is COc1ccc(C)cc1N1CC(C(=O)Nc2nnc(Cc3ccc(Cl)cc3)s2)CC1=O. The van der Waals surface area contributed by atoms with Gasteiger partial charge in [0, 0.05) is 24.4 Å². The van der Waals surface area contributed by atoms with Crippen LogP contribution in [0.15, 0.2) is 42.5 Å². The minimum Gasteiger partial charge on any atom is -0.495 e. The molecule has 1 unspecified atom stereocenters. The van der Waals surface area contributed by atoms with Crippen LogP contribution in [0.25, 0.3) is 0 Å². The minimum absolute atomic E-state index is 0.107. The Morgan fingerprint density at radius 3 is 2.77 bits per heavy atom. The van der Waals surface area contributed by atoms with Crippen molar-refractivity contribution in [3.63, 3.8) is 0 Å². The zero-order chi connectivity index (χ0) is 22.0. The lowest BCUT2D eigenvalue weighted by Gasteiger charge is -2.20. The number of halogens is 1. The molecule has 1 aliphatic heterocycles. The quantitative estimate of drug-likeness (QED) is 0.603. The van der Waals surface area contributed by atoms with Crippen molar-refractivity contribution in [2.45, 2.75) is 19.8 Å². The van der Waals surface area contributed by atoms with E-state index in [0.717, 1.165) is 16.1 Å². The molecule has 4 rings (SSSR count). The van der Waals surface area contributed by atoms with Crippen LogP contribution in [-0.2, 0) is 16.0 Å². The summed E-state index contributed by atoms with van der Waals surface area (Å²) in [5.41, 5.74) is 2.75. The van der Waals surface area contributed by atoms with Crippen LogP contribution in [0.1, 0.15) is 22.6 Å². The van der Waals surface area contributed by atoms with Gasteiger partial charge >= 0.3 is 0 Å². The van der Waals surface area contributed by atoms with Crippen LogP contribution in [0.3, 0.4) is 0 Å². The Kier molecular flexibility index (Phi) is 6.20. The van der Waals surface area contributed by atoms with Gasteiger partial charge in [-0.2, -0.15) is 0 Å². The molecule has 2 heterocycles. The Balaban J connectivity index is 1.41. The number of ether oxygens (including phenoxy) is 1. The van der Waals surface area contributed by atoms with Gasteiger partial charge in [-0.25, -0.2) is 0 Å². The van der Waals surface area contributed by atoms with Crippen molar-refractivity contribution < 1.29 is 14.3 Å². The van der Waals surface area contributed by atoms with E-state index >= 15 is 0 Å². The smallest absolute Gasteiger partial charge is 0.231 e. The lowest BCUT2D eigenvalue weighted by molar-refractivity contribution is -0.122. The number of nitrogens with one attached hydrogen (secondary N) is 1. The maximum atomic E-state index is 12.8. The fraction of sp³-hybridized carbons (Fsp3) is 0.273. The summed E-state index contributed by atoms with van der Waals surface area (Å²) in [5.74, 6) is -0.210. The number of carbonyl (C=O) groups is 2. The van der Waals surface area contributed by atoms with Crippen molar-refractivity contribution >= 4 is 45.6 Å². The molecule has 3 aromatic rings. The van der Waals surface area contributed by atoms with Gasteiger partial charge < -0.3 is 15.0 Å². The minimum atomic E-state index is -0.471. The van der Waals surface area contributed by atoms with E-state index in [1.54, 1.807) is 12.0 Å². The van der Waals surface area contributed by atoms with E-state index < -0.39 is 5.92 Å². The van der Waals surface area contributed by atoms with Gasteiger partial charge in [-0.15, -0.1) is 10.2 Å². The molecule has 1 N–H and O–H groups in total. The Labute approximate surface area is 189 Å². The highest BCUT2D eigenvalue weighted by atomic mass is 35.5. The van der Waals surface area contributed by atoms with Crippen molar-refractivity contribution in [2.75, 3.05) is 23.9 Å². The second-order valence-corrected chi connectivity index (χ2v) is 8.87. The Bertz CT molecular complexity index is 1120. The number of hydrogen-bond donors (Lipinski definition) is 1. The van der Waals surface area contributed by atoms with Gasteiger partial charge in [-0.1, -0.05) is 41.1 Å². The van der Waals surface area contributed by atoms with E-state index in [-0.39, 0.29) is 18.2 Å². The topological polar surface area (TPSA) is 84.4 Å². The zero-order valence-corrected chi connectivity index (χ0v) is 18.7. The first-order valence-corrected chi connectivity index (χ1v) is 10.9. The van der Waals surface area contributed by atoms with Gasteiger partial charge in [0.25, 0.3) is 0 Å². The van der Waals surface area contributed by atoms with Crippen LogP contribution in [-0.4, -0.2) is 35.7 Å². The van der Waals surface area contributed by atoms with Crippen molar-refractivity contribution in [3.8, 4) is 5.75 Å². The third-order valence-electron chi connectivity index (χ3n) is 5.09. The summed E-state index contributed by atoms with van der Waals surface area (Å²) in [6.45, 7) is 2.24. The summed E-state index contributed by atoms with van der Waals surface area (Å²) < 4.78 is 5.39. The molecule has 1 fully saturated rings. The first-order chi connectivity index (χ1) is 14.9. The zero-order valence-electron chi connectivity index (χ0n) is 17.1. The Hall–Kier alpha value is -2.97. The summed E-state index contributed by atoms with van der Waals surface area (Å²) in [6.07, 6.45) is 0.743. The van der Waals surface area contributed by atoms with E-state index in [1.807, 2.05) is 49.4 Å². The molecule has 2 aromatic carbocycles. The predicted molar refractivity (Wildman–Crippen MR) is 121 cm³/mol. The number of aryl methyl sites for hydroxylation is 1. The third-order valence-corrected chi connectivity index (χ3v) is 6.18. The maximum Gasteiger partial charge on any atom is 0.231 e. The number of nitrogens with zero attached hydrogens (tertiary/aromatic N) is 3. The fourth-order valence-electron chi connectivity index (χ4n) is 3.49. The van der Waals surface area contributed by atoms with Crippen LogP contribution in [0, 0.1) is 12.8 Å². The van der Waals surface area contributed by atoms with Crippen LogP contribution in [0.2, 0.25) is 5.02 Å². The van der Waals surface area contributed by atoms with Crippen LogP contribution in [0.5, 0.6) is 5.75 Å². The van der Waals surface area contributed by atoms with Crippen molar-refractivity contribution in [1.29, 1.82) is 0 Å². The number of benzene rings is 2. The van der Waals surface area contributed by atoms with Crippen LogP contribution >= 0.6 is 22.9 Å². The molecule has 7 nitrogen and oxygen atoms in total. The molecular weight excluding hydrogens is 436 g/mol. The number of methoxy groups -OCH3 is 1. The molecule has 0 saturated carbocycles. The predicted octanol–water partition coefficient (Wildman–Crippen LogP) is 4.09. The first kappa shape index (κ1) is 21.3. The molecule has 2 amide bonds. The monoisotopic (exact) mass is 456 g/mol. The summed E-state index contributed by atoms with van der Waals surface area (Å²) >= 11 is 7.23. The molecule has 9 heteroatoms. The summed E-state index contributed by atoms with van der Waals surface area (Å²) in [6, 6.07) is 13.2. The highest BCUT2D eigenvalue weighted by Crippen LogP contribution is 2.34. The number of hydrogen-bond acceptors (Lipinski definition) is 6. The lowest BCUT2D eigenvalue weighted by Crippen LogP contribution is -2.28. The summed E-state index contributed by atoms with van der Waals surface area (Å²) in [4.78, 5) is 27.0. The molecule has 160 valence electrons. The largest absolute Gasteiger partial charge is 0.495 e. The van der Waals surface area contributed by atoms with Gasteiger partial charge in [-0.05, 0) is 42.3 Å². The normalized spacial score (nSPS) is 15.9. The average molecular weight is 457 g/mol. The van der Waals surface area contributed by atoms with E-state index in [1.165, 1.54) is 11.3 Å². The van der Waals surface area contributed by atoms with Crippen LogP contribution < -0.4 is 15.0 Å². The molecule has 31 heavy (non-hydrogen) atoms. The molecule has 1 saturated heterocycles. The first-order valence-electron chi connectivity index (χ1n) is 9.75. The maximum absolute atomic E-state index is 12.8. The van der Waals surface area contributed by atoms with E-state index in [0.29, 0.717) is 34.6 Å². The standard InChI is InChI=1S/C22H21ClN4O3S/c1-13-3-8-18(30-2)17(9-13)27-12-15(11-20(27)28)21(29)24-22-26-25-19(31-22)10-14-4-6-16(23)7-5-14/h3-9,15H,10-12H2,1-2H3,(H,24,26,29). The summed E-state index contributed by atoms with van der Waals surface area (Å²) in [7, 11) is 1.57. The van der Waals surface area contributed by atoms with E-state index in [2.05, 4.69) is 15.5 Å². The number of rotatable bonds is 6. The van der Waals surface area contributed by atoms with E-state index in [4.69, 9.17) is 16.3 Å². The van der Waals surface area contributed by atoms with Gasteiger partial charge in [0.1, 0.15) is 10.8 Å².